The Balaban J connectivity index is 1.79. The van der Waals surface area contributed by atoms with Crippen LogP contribution in [0.5, 0.6) is 0 Å². The molecule has 0 heterocycles. The first-order valence-electron chi connectivity index (χ1n) is 12.6. The predicted molar refractivity (Wildman–Crippen MR) is 127 cm³/mol. The third kappa shape index (κ3) is 8.73. The highest BCUT2D eigenvalue weighted by molar-refractivity contribution is 5.88. The molecular weight excluding hydrogens is 404 g/mol. The fraction of sp³-hybridized carbons (Fsp3) is 0.778. The van der Waals surface area contributed by atoms with Gasteiger partial charge in [0.2, 0.25) is 0 Å². The van der Waals surface area contributed by atoms with Crippen LogP contribution in [0.15, 0.2) is 24.3 Å². The van der Waals surface area contributed by atoms with Crippen molar-refractivity contribution in [1.82, 2.24) is 0 Å². The van der Waals surface area contributed by atoms with Gasteiger partial charge in [-0.05, 0) is 43.4 Å². The lowest BCUT2D eigenvalue weighted by molar-refractivity contribution is -0.146. The van der Waals surface area contributed by atoms with Crippen molar-refractivity contribution in [3.63, 3.8) is 0 Å². The van der Waals surface area contributed by atoms with E-state index in [2.05, 4.69) is 20.1 Å². The normalized spacial score (nSPS) is 26.7. The molecule has 2 saturated carbocycles. The van der Waals surface area contributed by atoms with Gasteiger partial charge in [-0.25, -0.2) is 9.59 Å². The molecular formula is C27H44O5. The van der Waals surface area contributed by atoms with E-state index in [1.807, 2.05) is 0 Å². The molecule has 0 aromatic carbocycles. The second-order valence-corrected chi connectivity index (χ2v) is 10.2. The number of hydrogen-bond acceptors (Lipinski definition) is 5. The summed E-state index contributed by atoms with van der Waals surface area (Å²) in [4.78, 5) is 23.8. The smallest absolute Gasteiger partial charge is 0.335 e. The van der Waals surface area contributed by atoms with Crippen molar-refractivity contribution in [2.75, 3.05) is 19.8 Å². The molecule has 182 valence electrons. The largest absolute Gasteiger partial charge is 0.462 e. The van der Waals surface area contributed by atoms with Crippen molar-refractivity contribution in [3.05, 3.63) is 24.3 Å². The molecule has 1 atom stereocenters. The first-order chi connectivity index (χ1) is 15.3. The number of ether oxygens (including phenoxy) is 2. The summed E-state index contributed by atoms with van der Waals surface area (Å²) in [6.07, 6.45) is 14.2. The zero-order valence-corrected chi connectivity index (χ0v) is 20.3. The summed E-state index contributed by atoms with van der Waals surface area (Å²) in [5.41, 5.74) is 0.408. The maximum absolute atomic E-state index is 11.9. The Hall–Kier alpha value is -1.62. The highest BCUT2D eigenvalue weighted by Crippen LogP contribution is 2.39. The Morgan fingerprint density at radius 1 is 0.844 bits per heavy atom. The van der Waals surface area contributed by atoms with Gasteiger partial charge in [0.15, 0.2) is 0 Å². The van der Waals surface area contributed by atoms with Gasteiger partial charge >= 0.3 is 11.9 Å². The van der Waals surface area contributed by atoms with Crippen molar-refractivity contribution in [3.8, 4) is 0 Å². The van der Waals surface area contributed by atoms with Crippen molar-refractivity contribution in [2.24, 2.45) is 29.6 Å². The fourth-order valence-corrected chi connectivity index (χ4v) is 5.32. The first-order valence-corrected chi connectivity index (χ1v) is 12.6. The molecule has 0 aromatic rings. The van der Waals surface area contributed by atoms with Crippen LogP contribution < -0.4 is 0 Å². The second kappa shape index (κ2) is 13.8. The lowest BCUT2D eigenvalue weighted by Crippen LogP contribution is -2.31. The molecule has 0 saturated heterocycles. The van der Waals surface area contributed by atoms with E-state index < -0.39 is 18.5 Å². The summed E-state index contributed by atoms with van der Waals surface area (Å²) in [6.45, 7) is 11.1. The Morgan fingerprint density at radius 3 is 1.78 bits per heavy atom. The third-order valence-electron chi connectivity index (χ3n) is 7.77. The molecule has 1 N–H and O–H groups in total. The van der Waals surface area contributed by atoms with Gasteiger partial charge in [0.05, 0.1) is 25.4 Å². The molecule has 0 aromatic heterocycles. The minimum Gasteiger partial charge on any atom is -0.462 e. The second-order valence-electron chi connectivity index (χ2n) is 10.2. The highest BCUT2D eigenvalue weighted by atomic mass is 16.5. The summed E-state index contributed by atoms with van der Waals surface area (Å²) in [6, 6.07) is 0. The quantitative estimate of drug-likeness (QED) is 0.310. The van der Waals surface area contributed by atoms with Crippen LogP contribution in [0.1, 0.15) is 84.5 Å². The van der Waals surface area contributed by atoms with Crippen molar-refractivity contribution in [1.29, 1.82) is 0 Å². The minimum absolute atomic E-state index is 0.0411. The van der Waals surface area contributed by atoms with Crippen LogP contribution in [-0.4, -0.2) is 36.9 Å². The molecule has 0 bridgehead atoms. The van der Waals surface area contributed by atoms with Crippen LogP contribution in [0.2, 0.25) is 0 Å². The summed E-state index contributed by atoms with van der Waals surface area (Å²) < 4.78 is 10.8. The number of carbonyl (C=O) groups excluding carboxylic acids is 2. The summed E-state index contributed by atoms with van der Waals surface area (Å²) in [5, 5.41) is 9.08. The lowest BCUT2D eigenvalue weighted by Gasteiger charge is -2.34. The monoisotopic (exact) mass is 448 g/mol. The van der Waals surface area contributed by atoms with Gasteiger partial charge in [-0.15, -0.1) is 0 Å². The number of esters is 2. The maximum Gasteiger partial charge on any atom is 0.335 e. The van der Waals surface area contributed by atoms with E-state index in [0.29, 0.717) is 11.5 Å². The molecule has 0 aliphatic heterocycles. The van der Waals surface area contributed by atoms with Crippen LogP contribution in [-0.2, 0) is 19.1 Å². The van der Waals surface area contributed by atoms with E-state index >= 15 is 0 Å². The zero-order valence-electron chi connectivity index (χ0n) is 20.3. The molecule has 2 aliphatic carbocycles. The Kier molecular flexibility index (Phi) is 11.5. The van der Waals surface area contributed by atoms with Crippen LogP contribution in [0, 0.1) is 29.6 Å². The van der Waals surface area contributed by atoms with Gasteiger partial charge in [-0.1, -0.05) is 77.9 Å². The molecule has 2 fully saturated rings. The third-order valence-corrected chi connectivity index (χ3v) is 7.77. The van der Waals surface area contributed by atoms with Crippen LogP contribution >= 0.6 is 0 Å². The molecule has 0 spiro atoms. The van der Waals surface area contributed by atoms with Gasteiger partial charge in [0.25, 0.3) is 0 Å². The Morgan fingerprint density at radius 2 is 1.31 bits per heavy atom. The predicted octanol–water partition coefficient (Wildman–Crippen LogP) is 5.62. The van der Waals surface area contributed by atoms with E-state index in [-0.39, 0.29) is 24.7 Å². The van der Waals surface area contributed by atoms with Crippen molar-refractivity contribution >= 4 is 11.9 Å². The van der Waals surface area contributed by atoms with E-state index in [4.69, 9.17) is 14.6 Å². The van der Waals surface area contributed by atoms with Crippen LogP contribution in [0.25, 0.3) is 0 Å². The van der Waals surface area contributed by atoms with E-state index in [9.17, 15) is 9.59 Å². The number of hydrogen-bond donors (Lipinski definition) is 1. The number of carbonyl (C=O) groups is 2. The standard InChI is InChI=1S/C27H44O5/c1-5-21-6-8-22(9-7-21)10-11-23-12-14-24(15-13-23)25(17-31-26(29)19(2)3)18-32-27(30)20(4)16-28/h21-25,28H,2,4-18H2,1,3H3. The first kappa shape index (κ1) is 26.6. The topological polar surface area (TPSA) is 72.8 Å². The average Bonchev–Trinajstić information content (AvgIpc) is 2.82. The number of rotatable bonds is 12. The van der Waals surface area contributed by atoms with E-state index in [1.54, 1.807) is 6.92 Å². The fourth-order valence-electron chi connectivity index (χ4n) is 5.32. The van der Waals surface area contributed by atoms with E-state index in [1.165, 1.54) is 57.8 Å². The molecule has 1 unspecified atom stereocenters. The van der Waals surface area contributed by atoms with Crippen LogP contribution in [0.4, 0.5) is 0 Å². The van der Waals surface area contributed by atoms with Gasteiger partial charge in [0, 0.05) is 11.5 Å². The lowest BCUT2D eigenvalue weighted by atomic mass is 9.73. The van der Waals surface area contributed by atoms with Crippen molar-refractivity contribution in [2.45, 2.75) is 84.5 Å². The molecule has 2 aliphatic rings. The molecule has 2 rings (SSSR count). The van der Waals surface area contributed by atoms with Gasteiger partial charge in [-0.3, -0.25) is 0 Å². The molecule has 0 amide bonds. The maximum atomic E-state index is 11.9. The Bertz CT molecular complexity index is 624. The molecule has 32 heavy (non-hydrogen) atoms. The van der Waals surface area contributed by atoms with Gasteiger partial charge in [-0.2, -0.15) is 0 Å². The average molecular weight is 449 g/mol. The van der Waals surface area contributed by atoms with Gasteiger partial charge in [0.1, 0.15) is 0 Å². The SMILES string of the molecule is C=C(C)C(=O)OCC(COC(=O)C(=C)CO)C1CCC(CCC2CCC(CC)CC2)CC1. The summed E-state index contributed by atoms with van der Waals surface area (Å²) in [7, 11) is 0. The molecule has 0 radical (unpaired) electrons. The van der Waals surface area contributed by atoms with Crippen LogP contribution in [0.3, 0.4) is 0 Å². The highest BCUT2D eigenvalue weighted by Gasteiger charge is 2.30. The van der Waals surface area contributed by atoms with E-state index in [0.717, 1.165) is 30.6 Å². The minimum atomic E-state index is -0.588. The summed E-state index contributed by atoms with van der Waals surface area (Å²) in [5.74, 6) is 1.98. The molecule has 5 heteroatoms. The molecule has 5 nitrogen and oxygen atoms in total. The number of aliphatic hydroxyl groups is 1. The van der Waals surface area contributed by atoms with Gasteiger partial charge < -0.3 is 14.6 Å². The summed E-state index contributed by atoms with van der Waals surface area (Å²) >= 11 is 0. The van der Waals surface area contributed by atoms with Crippen molar-refractivity contribution < 1.29 is 24.2 Å². The number of aliphatic hydroxyl groups excluding tert-OH is 1. The Labute approximate surface area is 194 Å². The zero-order chi connectivity index (χ0) is 23.5.